The Morgan fingerprint density at radius 3 is 2.73 bits per heavy atom. The summed E-state index contributed by atoms with van der Waals surface area (Å²) >= 11 is 7.91. The van der Waals surface area contributed by atoms with E-state index in [9.17, 15) is 19.5 Å². The van der Waals surface area contributed by atoms with Gasteiger partial charge in [0.25, 0.3) is 5.91 Å². The van der Waals surface area contributed by atoms with E-state index < -0.39 is 23.9 Å². The monoisotopic (exact) mass is 642 g/mol. The van der Waals surface area contributed by atoms with Crippen molar-refractivity contribution in [1.29, 1.82) is 0 Å². The van der Waals surface area contributed by atoms with Crippen molar-refractivity contribution in [2.75, 3.05) is 20.3 Å². The summed E-state index contributed by atoms with van der Waals surface area (Å²) in [6.07, 6.45) is 1.26. The van der Waals surface area contributed by atoms with Crippen LogP contribution in [0.2, 0.25) is 5.02 Å². The zero-order valence-corrected chi connectivity index (χ0v) is 23.0. The molecule has 0 radical (unpaired) electrons. The fourth-order valence-corrected chi connectivity index (χ4v) is 4.50. The number of methoxy groups -OCH3 is 1. The van der Waals surface area contributed by atoms with E-state index in [1.54, 1.807) is 38.1 Å². The second kappa shape index (κ2) is 12.6. The van der Waals surface area contributed by atoms with Gasteiger partial charge in [-0.15, -0.1) is 0 Å². The number of rotatable bonds is 9. The molecular formula is C24H24ClIN4O7. The van der Waals surface area contributed by atoms with Crippen LogP contribution >= 0.6 is 34.2 Å². The molecule has 0 unspecified atom stereocenters. The minimum Gasteiger partial charge on any atom is -0.506 e. The maximum atomic E-state index is 12.5. The topological polar surface area (TPSA) is 148 Å². The maximum Gasteiger partial charge on any atom is 0.338 e. The molecule has 13 heteroatoms. The Labute approximate surface area is 231 Å². The van der Waals surface area contributed by atoms with Gasteiger partial charge in [-0.3, -0.25) is 4.79 Å². The van der Waals surface area contributed by atoms with Crippen LogP contribution in [0.4, 0.5) is 4.79 Å². The minimum atomic E-state index is -0.778. The van der Waals surface area contributed by atoms with Gasteiger partial charge in [-0.2, -0.15) is 5.10 Å². The average Bonchev–Trinajstić information content (AvgIpc) is 2.85. The van der Waals surface area contributed by atoms with Gasteiger partial charge in [0.1, 0.15) is 5.75 Å². The van der Waals surface area contributed by atoms with Gasteiger partial charge in [-0.05, 0) is 66.3 Å². The third-order valence-electron chi connectivity index (χ3n) is 5.09. The first-order valence-corrected chi connectivity index (χ1v) is 12.4. The average molecular weight is 643 g/mol. The quantitative estimate of drug-likeness (QED) is 0.142. The van der Waals surface area contributed by atoms with Crippen LogP contribution in [-0.4, -0.2) is 49.6 Å². The Kier molecular flexibility index (Phi) is 9.58. The molecule has 196 valence electrons. The first kappa shape index (κ1) is 28.1. The van der Waals surface area contributed by atoms with E-state index in [1.165, 1.54) is 19.4 Å². The lowest BCUT2D eigenvalue weighted by molar-refractivity contribution is -0.139. The molecular weight excluding hydrogens is 619 g/mol. The minimum absolute atomic E-state index is 0.00911. The van der Waals surface area contributed by atoms with Crippen molar-refractivity contribution < 1.29 is 33.7 Å². The van der Waals surface area contributed by atoms with Crippen LogP contribution in [0.1, 0.15) is 31.0 Å². The molecule has 0 fully saturated rings. The molecule has 3 amide bonds. The number of nitrogens with zero attached hydrogens (tertiary/aromatic N) is 1. The SMILES string of the molecule is CCOC(=O)C1=C(C)NC(=O)N[C@@H]1c1ccc(OCC(=O)N/N=C\c2cc(Cl)cc(I)c2O)c(OC)c1. The van der Waals surface area contributed by atoms with Crippen molar-refractivity contribution >= 4 is 58.3 Å². The number of hydrazone groups is 1. The van der Waals surface area contributed by atoms with Crippen LogP contribution in [0, 0.1) is 3.57 Å². The molecule has 1 aliphatic rings. The number of esters is 1. The lowest BCUT2D eigenvalue weighted by atomic mass is 9.95. The van der Waals surface area contributed by atoms with E-state index in [0.717, 1.165) is 0 Å². The van der Waals surface area contributed by atoms with Gasteiger partial charge in [-0.25, -0.2) is 15.0 Å². The van der Waals surface area contributed by atoms with Crippen molar-refractivity contribution in [3.05, 3.63) is 61.3 Å². The number of allylic oxidation sites excluding steroid dienone is 1. The number of phenolic OH excluding ortho intramolecular Hbond substituents is 1. The van der Waals surface area contributed by atoms with E-state index >= 15 is 0 Å². The van der Waals surface area contributed by atoms with Crippen LogP contribution < -0.4 is 25.5 Å². The lowest BCUT2D eigenvalue weighted by Crippen LogP contribution is -2.45. The zero-order valence-electron chi connectivity index (χ0n) is 20.1. The summed E-state index contributed by atoms with van der Waals surface area (Å²) < 4.78 is 16.6. The number of carbonyl (C=O) groups excluding carboxylic acids is 3. The number of halogens is 2. The van der Waals surface area contributed by atoms with E-state index in [0.29, 0.717) is 25.4 Å². The Hall–Kier alpha value is -3.52. The number of ether oxygens (including phenoxy) is 3. The third kappa shape index (κ3) is 7.04. The Bertz CT molecular complexity index is 1280. The number of carbonyl (C=O) groups is 3. The van der Waals surface area contributed by atoms with E-state index in [-0.39, 0.29) is 36.0 Å². The Morgan fingerprint density at radius 1 is 1.27 bits per heavy atom. The molecule has 0 aliphatic carbocycles. The predicted molar refractivity (Wildman–Crippen MR) is 144 cm³/mol. The molecule has 0 spiro atoms. The van der Waals surface area contributed by atoms with Gasteiger partial charge in [0.2, 0.25) is 0 Å². The van der Waals surface area contributed by atoms with Crippen molar-refractivity contribution in [3.63, 3.8) is 0 Å². The number of hydrogen-bond acceptors (Lipinski definition) is 8. The van der Waals surface area contributed by atoms with Crippen LogP contribution in [0.5, 0.6) is 17.2 Å². The van der Waals surface area contributed by atoms with Gasteiger partial charge < -0.3 is 30.0 Å². The number of benzene rings is 2. The molecule has 37 heavy (non-hydrogen) atoms. The lowest BCUT2D eigenvalue weighted by Gasteiger charge is -2.28. The Balaban J connectivity index is 1.70. The van der Waals surface area contributed by atoms with Crippen LogP contribution in [0.25, 0.3) is 0 Å². The van der Waals surface area contributed by atoms with Gasteiger partial charge in [-0.1, -0.05) is 17.7 Å². The highest BCUT2D eigenvalue weighted by Gasteiger charge is 2.32. The number of hydrogen-bond donors (Lipinski definition) is 4. The fraction of sp³-hybridized carbons (Fsp3) is 0.250. The summed E-state index contributed by atoms with van der Waals surface area (Å²) in [5.74, 6) is -0.598. The first-order valence-electron chi connectivity index (χ1n) is 10.9. The Morgan fingerprint density at radius 2 is 2.03 bits per heavy atom. The number of aromatic hydroxyl groups is 1. The molecule has 2 aromatic carbocycles. The van der Waals surface area contributed by atoms with Gasteiger partial charge >= 0.3 is 12.0 Å². The molecule has 1 atom stereocenters. The molecule has 1 heterocycles. The van der Waals surface area contributed by atoms with Gasteiger partial charge in [0.05, 0.1) is 35.1 Å². The van der Waals surface area contributed by atoms with Gasteiger partial charge in [0.15, 0.2) is 18.1 Å². The molecule has 4 N–H and O–H groups in total. The predicted octanol–water partition coefficient (Wildman–Crippen LogP) is 3.38. The number of phenols is 1. The highest BCUT2D eigenvalue weighted by Crippen LogP contribution is 2.34. The summed E-state index contributed by atoms with van der Waals surface area (Å²) in [4.78, 5) is 36.8. The largest absolute Gasteiger partial charge is 0.506 e. The molecule has 1 aliphatic heterocycles. The smallest absolute Gasteiger partial charge is 0.338 e. The second-order valence-electron chi connectivity index (χ2n) is 7.61. The summed E-state index contributed by atoms with van der Waals surface area (Å²) in [7, 11) is 1.42. The highest BCUT2D eigenvalue weighted by molar-refractivity contribution is 14.1. The summed E-state index contributed by atoms with van der Waals surface area (Å²) in [5.41, 5.74) is 3.83. The van der Waals surface area contributed by atoms with Crippen molar-refractivity contribution in [3.8, 4) is 17.2 Å². The van der Waals surface area contributed by atoms with Crippen molar-refractivity contribution in [2.24, 2.45) is 5.10 Å². The molecule has 0 aromatic heterocycles. The number of nitrogens with one attached hydrogen (secondary N) is 3. The molecule has 0 bridgehead atoms. The summed E-state index contributed by atoms with van der Waals surface area (Å²) in [5, 5.41) is 19.6. The zero-order chi connectivity index (χ0) is 27.1. The molecule has 11 nitrogen and oxygen atoms in total. The van der Waals surface area contributed by atoms with Crippen LogP contribution in [0.3, 0.4) is 0 Å². The molecule has 3 rings (SSSR count). The van der Waals surface area contributed by atoms with Crippen LogP contribution in [-0.2, 0) is 14.3 Å². The maximum absolute atomic E-state index is 12.5. The molecule has 0 saturated carbocycles. The first-order chi connectivity index (χ1) is 17.6. The standard InChI is InChI=1S/C24H24ClIN4O7/c1-4-36-23(33)20-12(2)28-24(34)29-21(20)13-5-6-17(18(8-13)35-3)37-11-19(31)30-27-10-14-7-15(25)9-16(26)22(14)32/h5-10,21,32H,4,11H2,1-3H3,(H,30,31)(H2,28,29,34)/b27-10-/t21-/m1/s1. The van der Waals surface area contributed by atoms with Crippen molar-refractivity contribution in [2.45, 2.75) is 19.9 Å². The summed E-state index contributed by atoms with van der Waals surface area (Å²) in [6.45, 7) is 3.10. The van der Waals surface area contributed by atoms with Crippen LogP contribution in [0.15, 0.2) is 46.7 Å². The summed E-state index contributed by atoms with van der Waals surface area (Å²) in [6, 6.07) is 6.65. The highest BCUT2D eigenvalue weighted by atomic mass is 127. The normalized spacial score (nSPS) is 15.2. The third-order valence-corrected chi connectivity index (χ3v) is 6.14. The van der Waals surface area contributed by atoms with E-state index in [1.807, 2.05) is 22.6 Å². The molecule has 0 saturated heterocycles. The van der Waals surface area contributed by atoms with Crippen molar-refractivity contribution in [1.82, 2.24) is 16.1 Å². The van der Waals surface area contributed by atoms with Gasteiger partial charge in [0, 0.05) is 16.3 Å². The van der Waals surface area contributed by atoms with E-state index in [2.05, 4.69) is 21.2 Å². The molecule has 2 aromatic rings. The second-order valence-corrected chi connectivity index (χ2v) is 9.21. The number of urea groups is 1. The fourth-order valence-electron chi connectivity index (χ4n) is 3.44. The number of amides is 3. The van der Waals surface area contributed by atoms with E-state index in [4.69, 9.17) is 25.8 Å².